The first kappa shape index (κ1) is 19.5. The van der Waals surface area contributed by atoms with Crippen LogP contribution in [0.4, 0.5) is 4.79 Å². The van der Waals surface area contributed by atoms with Crippen LogP contribution in [-0.2, 0) is 17.9 Å². The molecule has 0 aliphatic carbocycles. The summed E-state index contributed by atoms with van der Waals surface area (Å²) in [5, 5.41) is 5.93. The molecule has 1 saturated heterocycles. The van der Waals surface area contributed by atoms with E-state index in [1.165, 1.54) is 19.3 Å². The molecule has 146 valence electrons. The minimum atomic E-state index is -0.166. The third-order valence-corrected chi connectivity index (χ3v) is 4.91. The predicted molar refractivity (Wildman–Crippen MR) is 104 cm³/mol. The van der Waals surface area contributed by atoms with E-state index in [4.69, 9.17) is 9.15 Å². The molecule has 2 heterocycles. The Morgan fingerprint density at radius 3 is 2.70 bits per heavy atom. The molecule has 1 aromatic carbocycles. The van der Waals surface area contributed by atoms with E-state index in [-0.39, 0.29) is 12.1 Å². The Morgan fingerprint density at radius 1 is 1.15 bits per heavy atom. The number of rotatable bonds is 8. The molecule has 2 aromatic rings. The number of nitrogens with zero attached hydrogens (tertiary/aromatic N) is 1. The standard InChI is InChI=1S/C21H29N3O3/c1-26-16-18-8-5-7-17(13-18)14-22-21(25)23-15-19(20-9-6-12-27-20)24-10-3-2-4-11-24/h5-9,12-13,19H,2-4,10-11,14-16H2,1H3,(H2,22,23,25). The summed E-state index contributed by atoms with van der Waals surface area (Å²) < 4.78 is 10.8. The molecule has 0 spiro atoms. The maximum absolute atomic E-state index is 12.3. The topological polar surface area (TPSA) is 66.7 Å². The Kier molecular flexibility index (Phi) is 7.30. The molecule has 3 rings (SSSR count). The van der Waals surface area contributed by atoms with Crippen molar-refractivity contribution in [2.75, 3.05) is 26.7 Å². The van der Waals surface area contributed by atoms with Gasteiger partial charge in [-0.2, -0.15) is 0 Å². The Balaban J connectivity index is 1.51. The Bertz CT molecular complexity index is 696. The number of urea groups is 1. The van der Waals surface area contributed by atoms with Crippen LogP contribution in [0.1, 0.15) is 42.2 Å². The van der Waals surface area contributed by atoms with Crippen LogP contribution in [0.25, 0.3) is 0 Å². The second kappa shape index (κ2) is 10.1. The van der Waals surface area contributed by atoms with Crippen LogP contribution in [0.5, 0.6) is 0 Å². The highest BCUT2D eigenvalue weighted by Crippen LogP contribution is 2.24. The number of carbonyl (C=O) groups excluding carboxylic acids is 1. The molecule has 6 heteroatoms. The van der Waals surface area contributed by atoms with Crippen LogP contribution in [0.2, 0.25) is 0 Å². The lowest BCUT2D eigenvalue weighted by Crippen LogP contribution is -2.43. The summed E-state index contributed by atoms with van der Waals surface area (Å²) in [7, 11) is 1.68. The van der Waals surface area contributed by atoms with E-state index in [0.717, 1.165) is 30.0 Å². The molecular weight excluding hydrogens is 342 g/mol. The van der Waals surface area contributed by atoms with E-state index in [1.807, 2.05) is 36.4 Å². The van der Waals surface area contributed by atoms with Crippen molar-refractivity contribution in [2.45, 2.75) is 38.5 Å². The van der Waals surface area contributed by atoms with E-state index in [0.29, 0.717) is 19.7 Å². The SMILES string of the molecule is COCc1cccc(CNC(=O)NCC(c2ccco2)N2CCCCC2)c1. The maximum atomic E-state index is 12.3. The molecule has 2 amide bonds. The number of amides is 2. The number of methoxy groups -OCH3 is 1. The summed E-state index contributed by atoms with van der Waals surface area (Å²) in [4.78, 5) is 14.7. The zero-order valence-electron chi connectivity index (χ0n) is 15.9. The molecule has 1 unspecified atom stereocenters. The van der Waals surface area contributed by atoms with Gasteiger partial charge < -0.3 is 19.8 Å². The van der Waals surface area contributed by atoms with Gasteiger partial charge in [-0.1, -0.05) is 30.7 Å². The van der Waals surface area contributed by atoms with Gasteiger partial charge in [0.1, 0.15) is 5.76 Å². The molecule has 1 fully saturated rings. The first-order valence-corrected chi connectivity index (χ1v) is 9.62. The lowest BCUT2D eigenvalue weighted by molar-refractivity contribution is 0.143. The van der Waals surface area contributed by atoms with E-state index < -0.39 is 0 Å². The van der Waals surface area contributed by atoms with Crippen LogP contribution in [-0.4, -0.2) is 37.7 Å². The third kappa shape index (κ3) is 5.84. The normalized spacial score (nSPS) is 16.0. The van der Waals surface area contributed by atoms with Gasteiger partial charge in [-0.3, -0.25) is 4.90 Å². The average molecular weight is 371 g/mol. The highest BCUT2D eigenvalue weighted by Gasteiger charge is 2.24. The van der Waals surface area contributed by atoms with Crippen molar-refractivity contribution in [3.63, 3.8) is 0 Å². The minimum Gasteiger partial charge on any atom is -0.468 e. The predicted octanol–water partition coefficient (Wildman–Crippen LogP) is 3.45. The number of benzene rings is 1. The highest BCUT2D eigenvalue weighted by atomic mass is 16.5. The van der Waals surface area contributed by atoms with Crippen LogP contribution in [0.15, 0.2) is 47.1 Å². The van der Waals surface area contributed by atoms with Crippen LogP contribution >= 0.6 is 0 Å². The maximum Gasteiger partial charge on any atom is 0.315 e. The molecule has 27 heavy (non-hydrogen) atoms. The molecule has 0 bridgehead atoms. The molecule has 1 aromatic heterocycles. The van der Waals surface area contributed by atoms with Crippen molar-refractivity contribution in [3.8, 4) is 0 Å². The molecule has 2 N–H and O–H groups in total. The molecular formula is C21H29N3O3. The summed E-state index contributed by atoms with van der Waals surface area (Å²) in [6.07, 6.45) is 5.36. The van der Waals surface area contributed by atoms with Crippen molar-refractivity contribution in [3.05, 3.63) is 59.5 Å². The van der Waals surface area contributed by atoms with Crippen molar-refractivity contribution >= 4 is 6.03 Å². The Hall–Kier alpha value is -2.31. The smallest absolute Gasteiger partial charge is 0.315 e. The number of furan rings is 1. The molecule has 6 nitrogen and oxygen atoms in total. The van der Waals surface area contributed by atoms with Gasteiger partial charge in [-0.05, 0) is 49.2 Å². The summed E-state index contributed by atoms with van der Waals surface area (Å²) >= 11 is 0. The van der Waals surface area contributed by atoms with E-state index in [9.17, 15) is 4.79 Å². The van der Waals surface area contributed by atoms with Crippen molar-refractivity contribution in [1.29, 1.82) is 0 Å². The molecule has 0 saturated carbocycles. The van der Waals surface area contributed by atoms with Crippen LogP contribution < -0.4 is 10.6 Å². The van der Waals surface area contributed by atoms with Crippen molar-refractivity contribution in [1.82, 2.24) is 15.5 Å². The van der Waals surface area contributed by atoms with Gasteiger partial charge in [-0.25, -0.2) is 4.79 Å². The Labute approximate surface area is 160 Å². The monoisotopic (exact) mass is 371 g/mol. The van der Waals surface area contributed by atoms with Gasteiger partial charge in [-0.15, -0.1) is 0 Å². The van der Waals surface area contributed by atoms with Gasteiger partial charge in [0.25, 0.3) is 0 Å². The zero-order chi connectivity index (χ0) is 18.9. The molecule has 1 atom stereocenters. The summed E-state index contributed by atoms with van der Waals surface area (Å²) in [6, 6.07) is 11.8. The number of nitrogens with one attached hydrogen (secondary N) is 2. The molecule has 0 radical (unpaired) electrons. The van der Waals surface area contributed by atoms with E-state index in [1.54, 1.807) is 13.4 Å². The number of ether oxygens (including phenoxy) is 1. The Morgan fingerprint density at radius 2 is 1.96 bits per heavy atom. The number of piperidine rings is 1. The number of hydrogen-bond donors (Lipinski definition) is 2. The largest absolute Gasteiger partial charge is 0.468 e. The van der Waals surface area contributed by atoms with Crippen molar-refractivity contribution < 1.29 is 13.9 Å². The fourth-order valence-corrected chi connectivity index (χ4v) is 3.55. The summed E-state index contributed by atoms with van der Waals surface area (Å²) in [6.45, 7) is 3.67. The van der Waals surface area contributed by atoms with E-state index >= 15 is 0 Å². The van der Waals surface area contributed by atoms with Gasteiger partial charge in [0.15, 0.2) is 0 Å². The van der Waals surface area contributed by atoms with Crippen LogP contribution in [0, 0.1) is 0 Å². The van der Waals surface area contributed by atoms with Gasteiger partial charge >= 0.3 is 6.03 Å². The molecule has 1 aliphatic rings. The van der Waals surface area contributed by atoms with Crippen molar-refractivity contribution in [2.24, 2.45) is 0 Å². The van der Waals surface area contributed by atoms with E-state index in [2.05, 4.69) is 15.5 Å². The van der Waals surface area contributed by atoms with Crippen LogP contribution in [0.3, 0.4) is 0 Å². The quantitative estimate of drug-likeness (QED) is 0.746. The number of hydrogen-bond acceptors (Lipinski definition) is 4. The fraction of sp³-hybridized carbons (Fsp3) is 0.476. The second-order valence-electron chi connectivity index (χ2n) is 6.94. The molecule has 1 aliphatic heterocycles. The second-order valence-corrected chi connectivity index (χ2v) is 6.94. The van der Waals surface area contributed by atoms with Gasteiger partial charge in [0, 0.05) is 20.2 Å². The first-order valence-electron chi connectivity index (χ1n) is 9.62. The first-order chi connectivity index (χ1) is 13.3. The number of carbonyl (C=O) groups is 1. The average Bonchev–Trinajstić information content (AvgIpc) is 3.22. The third-order valence-electron chi connectivity index (χ3n) is 4.91. The zero-order valence-corrected chi connectivity index (χ0v) is 15.9. The fourth-order valence-electron chi connectivity index (χ4n) is 3.55. The lowest BCUT2D eigenvalue weighted by atomic mass is 10.1. The minimum absolute atomic E-state index is 0.0797. The highest BCUT2D eigenvalue weighted by molar-refractivity contribution is 5.73. The lowest BCUT2D eigenvalue weighted by Gasteiger charge is -2.33. The van der Waals surface area contributed by atoms with Gasteiger partial charge in [0.05, 0.1) is 18.9 Å². The summed E-state index contributed by atoms with van der Waals surface area (Å²) in [5.74, 6) is 0.907. The summed E-state index contributed by atoms with van der Waals surface area (Å²) in [5.41, 5.74) is 2.15. The van der Waals surface area contributed by atoms with Gasteiger partial charge in [0.2, 0.25) is 0 Å². The number of likely N-dealkylation sites (tertiary alicyclic amines) is 1.